The summed E-state index contributed by atoms with van der Waals surface area (Å²) in [6.45, 7) is 6.24. The van der Waals surface area contributed by atoms with Crippen LogP contribution in [-0.2, 0) is 38.6 Å². The predicted molar refractivity (Wildman–Crippen MR) is 157 cm³/mol. The van der Waals surface area contributed by atoms with Crippen LogP contribution < -0.4 is 26.0 Å². The van der Waals surface area contributed by atoms with E-state index < -0.39 is 29.8 Å². The Morgan fingerprint density at radius 2 is 1.83 bits per heavy atom. The number of benzene rings is 2. The zero-order chi connectivity index (χ0) is 29.7. The molecule has 9 nitrogen and oxygen atoms in total. The average molecular weight is 563 g/mol. The number of anilines is 1. The Morgan fingerprint density at radius 3 is 2.51 bits per heavy atom. The van der Waals surface area contributed by atoms with Crippen molar-refractivity contribution in [3.63, 3.8) is 0 Å². The molecule has 0 saturated heterocycles. The second-order valence-electron chi connectivity index (χ2n) is 11.6. The van der Waals surface area contributed by atoms with Gasteiger partial charge in [0.2, 0.25) is 23.6 Å². The quantitative estimate of drug-likeness (QED) is 0.366. The molecule has 4 amide bonds. The zero-order valence-electron chi connectivity index (χ0n) is 24.4. The maximum Gasteiger partial charge on any atom is 0.250 e. The number of nitrogens with zero attached hydrogens (tertiary/aromatic N) is 1. The van der Waals surface area contributed by atoms with Crippen LogP contribution in [0.25, 0.3) is 0 Å². The maximum atomic E-state index is 14.1. The van der Waals surface area contributed by atoms with E-state index in [0.29, 0.717) is 44.4 Å². The van der Waals surface area contributed by atoms with Gasteiger partial charge in [-0.05, 0) is 60.4 Å². The van der Waals surface area contributed by atoms with Gasteiger partial charge in [0.25, 0.3) is 0 Å². The molecule has 0 aromatic heterocycles. The van der Waals surface area contributed by atoms with E-state index in [4.69, 9.17) is 10.5 Å². The van der Waals surface area contributed by atoms with Crippen molar-refractivity contribution in [2.24, 2.45) is 23.5 Å². The normalized spacial score (nSPS) is 19.2. The molecule has 4 rings (SSSR count). The summed E-state index contributed by atoms with van der Waals surface area (Å²) < 4.78 is 5.28. The van der Waals surface area contributed by atoms with Gasteiger partial charge >= 0.3 is 0 Å². The highest BCUT2D eigenvalue weighted by Crippen LogP contribution is 2.39. The van der Waals surface area contributed by atoms with Crippen molar-refractivity contribution >= 4 is 29.3 Å². The van der Waals surface area contributed by atoms with E-state index in [1.54, 1.807) is 12.0 Å². The van der Waals surface area contributed by atoms with Crippen LogP contribution in [0.3, 0.4) is 0 Å². The van der Waals surface area contributed by atoms with E-state index in [1.807, 2.05) is 63.2 Å². The third-order valence-electron chi connectivity index (χ3n) is 8.14. The zero-order valence-corrected chi connectivity index (χ0v) is 24.4. The first-order chi connectivity index (χ1) is 19.6. The minimum Gasteiger partial charge on any atom is -0.497 e. The van der Waals surface area contributed by atoms with Gasteiger partial charge in [0.1, 0.15) is 17.8 Å². The number of carbonyl (C=O) groups excluding carboxylic acids is 4. The summed E-state index contributed by atoms with van der Waals surface area (Å²) in [7, 11) is 1.59. The fourth-order valence-corrected chi connectivity index (χ4v) is 6.16. The molecule has 2 aromatic carbocycles. The Kier molecular flexibility index (Phi) is 9.68. The second kappa shape index (κ2) is 13.2. The third-order valence-corrected chi connectivity index (χ3v) is 8.14. The topological polar surface area (TPSA) is 131 Å². The van der Waals surface area contributed by atoms with Gasteiger partial charge in [-0.1, -0.05) is 57.5 Å². The van der Waals surface area contributed by atoms with Crippen molar-refractivity contribution in [2.75, 3.05) is 12.0 Å². The van der Waals surface area contributed by atoms with Crippen LogP contribution in [0.5, 0.6) is 5.75 Å². The Balaban J connectivity index is 1.56. The molecule has 9 heteroatoms. The van der Waals surface area contributed by atoms with Gasteiger partial charge in [-0.2, -0.15) is 0 Å². The SMILES string of the molecule is CCCC(C(N)=O)C(CC(C)C)C(=O)NC1CCc2cccc3c2N(C1=O)C(C(=O)NCc1cccc(OC)c1)C3. The number of methoxy groups -OCH3 is 1. The monoisotopic (exact) mass is 562 g/mol. The first-order valence-corrected chi connectivity index (χ1v) is 14.6. The molecular formula is C32H42N4O5. The summed E-state index contributed by atoms with van der Waals surface area (Å²) in [6, 6.07) is 11.8. The Bertz CT molecular complexity index is 1290. The molecule has 2 heterocycles. The van der Waals surface area contributed by atoms with Gasteiger partial charge in [0.15, 0.2) is 0 Å². The van der Waals surface area contributed by atoms with Crippen LogP contribution in [0.2, 0.25) is 0 Å². The summed E-state index contributed by atoms with van der Waals surface area (Å²) in [6.07, 6.45) is 3.10. The predicted octanol–water partition coefficient (Wildman–Crippen LogP) is 3.26. The number of carbonyl (C=O) groups is 4. The van der Waals surface area contributed by atoms with Crippen LogP contribution in [0, 0.1) is 17.8 Å². The molecule has 0 spiro atoms. The molecule has 2 aliphatic heterocycles. The molecule has 0 aliphatic carbocycles. The van der Waals surface area contributed by atoms with Crippen molar-refractivity contribution in [2.45, 2.75) is 77.9 Å². The number of ether oxygens (including phenoxy) is 1. The van der Waals surface area contributed by atoms with Crippen LogP contribution in [0.15, 0.2) is 42.5 Å². The van der Waals surface area contributed by atoms with Gasteiger partial charge in [0.05, 0.1) is 12.8 Å². The number of para-hydroxylation sites is 1. The summed E-state index contributed by atoms with van der Waals surface area (Å²) in [4.78, 5) is 55.2. The number of aryl methyl sites for hydroxylation is 1. The molecule has 2 aliphatic rings. The highest BCUT2D eigenvalue weighted by atomic mass is 16.5. The van der Waals surface area contributed by atoms with E-state index in [9.17, 15) is 19.2 Å². The van der Waals surface area contributed by atoms with Crippen molar-refractivity contribution in [1.29, 1.82) is 0 Å². The maximum absolute atomic E-state index is 14.1. The minimum absolute atomic E-state index is 0.164. The van der Waals surface area contributed by atoms with Gasteiger partial charge < -0.3 is 21.1 Å². The largest absolute Gasteiger partial charge is 0.497 e. The molecule has 0 radical (unpaired) electrons. The summed E-state index contributed by atoms with van der Waals surface area (Å²) >= 11 is 0. The number of rotatable bonds is 12. The van der Waals surface area contributed by atoms with Crippen molar-refractivity contribution < 1.29 is 23.9 Å². The van der Waals surface area contributed by atoms with E-state index in [-0.39, 0.29) is 23.6 Å². The standard InChI is InChI=1S/C32H42N4O5/c1-5-8-24(29(33)37)25(15-19(2)3)30(38)35-26-14-13-21-10-7-11-22-17-27(36(28(21)22)32(26)40)31(39)34-18-20-9-6-12-23(16-20)41-4/h6-7,9-12,16,19,24-27H,5,8,13-15,17-18H2,1-4H3,(H2,33,37)(H,34,39)(H,35,38). The lowest BCUT2D eigenvalue weighted by Gasteiger charge is -2.30. The average Bonchev–Trinajstić information content (AvgIpc) is 3.29. The second-order valence-corrected chi connectivity index (χ2v) is 11.6. The first-order valence-electron chi connectivity index (χ1n) is 14.6. The summed E-state index contributed by atoms with van der Waals surface area (Å²) in [5.41, 5.74) is 9.30. The molecule has 41 heavy (non-hydrogen) atoms. The molecule has 0 saturated carbocycles. The summed E-state index contributed by atoms with van der Waals surface area (Å²) in [5, 5.41) is 5.96. The number of hydrogen-bond donors (Lipinski definition) is 3. The fraction of sp³-hybridized carbons (Fsp3) is 0.500. The Hall–Kier alpha value is -3.88. The minimum atomic E-state index is -0.820. The molecule has 4 N–H and O–H groups in total. The highest BCUT2D eigenvalue weighted by molar-refractivity contribution is 6.08. The molecule has 0 fully saturated rings. The van der Waals surface area contributed by atoms with Crippen molar-refractivity contribution in [1.82, 2.24) is 10.6 Å². The van der Waals surface area contributed by atoms with Gasteiger partial charge in [0, 0.05) is 24.8 Å². The van der Waals surface area contributed by atoms with Crippen molar-refractivity contribution in [3.8, 4) is 5.75 Å². The highest BCUT2D eigenvalue weighted by Gasteiger charge is 2.44. The Morgan fingerprint density at radius 1 is 1.10 bits per heavy atom. The lowest BCUT2D eigenvalue weighted by atomic mass is 9.81. The lowest BCUT2D eigenvalue weighted by molar-refractivity contribution is -0.136. The molecule has 4 atom stereocenters. The number of nitrogens with one attached hydrogen (secondary N) is 2. The fourth-order valence-electron chi connectivity index (χ4n) is 6.16. The van der Waals surface area contributed by atoms with Gasteiger partial charge in [-0.25, -0.2) is 0 Å². The van der Waals surface area contributed by atoms with E-state index in [0.717, 1.165) is 28.8 Å². The number of hydrogen-bond acceptors (Lipinski definition) is 5. The summed E-state index contributed by atoms with van der Waals surface area (Å²) in [5.74, 6) is -1.76. The van der Waals surface area contributed by atoms with E-state index in [1.165, 1.54) is 0 Å². The Labute approximate surface area is 242 Å². The smallest absolute Gasteiger partial charge is 0.250 e. The van der Waals surface area contributed by atoms with Gasteiger partial charge in [-0.15, -0.1) is 0 Å². The number of amides is 4. The van der Waals surface area contributed by atoms with Crippen LogP contribution in [-0.4, -0.2) is 42.8 Å². The van der Waals surface area contributed by atoms with Crippen LogP contribution in [0.1, 0.15) is 63.1 Å². The third kappa shape index (κ3) is 6.72. The first kappa shape index (κ1) is 30.1. The molecule has 0 bridgehead atoms. The molecule has 4 unspecified atom stereocenters. The van der Waals surface area contributed by atoms with E-state index in [2.05, 4.69) is 10.6 Å². The van der Waals surface area contributed by atoms with Crippen LogP contribution in [0.4, 0.5) is 5.69 Å². The molecular weight excluding hydrogens is 520 g/mol. The van der Waals surface area contributed by atoms with E-state index >= 15 is 0 Å². The molecule has 2 aromatic rings. The number of nitrogens with two attached hydrogens (primary N) is 1. The molecule has 220 valence electrons. The lowest BCUT2D eigenvalue weighted by Crippen LogP contribution is -2.55. The van der Waals surface area contributed by atoms with Crippen molar-refractivity contribution in [3.05, 3.63) is 59.2 Å². The number of primary amides is 1. The van der Waals surface area contributed by atoms with Crippen LogP contribution >= 0.6 is 0 Å². The van der Waals surface area contributed by atoms with Gasteiger partial charge in [-0.3, -0.25) is 24.1 Å².